The molecule has 0 aromatic carbocycles. The van der Waals surface area contributed by atoms with Gasteiger partial charge in [-0.05, 0) is 25.8 Å². The van der Waals surface area contributed by atoms with Crippen LogP contribution >= 0.6 is 0 Å². The van der Waals surface area contributed by atoms with Crippen LogP contribution in [0.5, 0.6) is 0 Å². The Morgan fingerprint density at radius 1 is 1.62 bits per heavy atom. The molecule has 0 aromatic heterocycles. The van der Waals surface area contributed by atoms with Gasteiger partial charge in [0.2, 0.25) is 0 Å². The summed E-state index contributed by atoms with van der Waals surface area (Å²) >= 11 is 0. The van der Waals surface area contributed by atoms with Crippen molar-refractivity contribution in [1.29, 1.82) is 0 Å². The van der Waals surface area contributed by atoms with E-state index in [0.29, 0.717) is 12.2 Å². The first-order valence-corrected chi connectivity index (χ1v) is 5.24. The molecule has 1 aliphatic heterocycles. The highest BCUT2D eigenvalue weighted by atomic mass is 16.5. The molecule has 3 heteroatoms. The number of carbonyl (C=O) groups is 1. The molecule has 0 aliphatic carbocycles. The number of hydrogen-bond acceptors (Lipinski definition) is 3. The van der Waals surface area contributed by atoms with Crippen molar-refractivity contribution in [3.05, 3.63) is 23.2 Å². The molecule has 1 rings (SSSR count). The van der Waals surface area contributed by atoms with Crippen LogP contribution in [0, 0.1) is 12.3 Å². The van der Waals surface area contributed by atoms with E-state index < -0.39 is 5.60 Å². The Hall–Kier alpha value is -1.53. The molecule has 1 heterocycles. The number of rotatable bonds is 2. The maximum atomic E-state index is 11.9. The van der Waals surface area contributed by atoms with E-state index in [2.05, 4.69) is 5.92 Å². The van der Waals surface area contributed by atoms with Crippen LogP contribution in [0.1, 0.15) is 33.6 Å². The fourth-order valence-corrected chi connectivity index (χ4v) is 1.60. The highest BCUT2D eigenvalue weighted by Crippen LogP contribution is 2.27. The molecule has 0 unspecified atom stereocenters. The zero-order valence-electron chi connectivity index (χ0n) is 9.83. The quantitative estimate of drug-likeness (QED) is 0.723. The van der Waals surface area contributed by atoms with Crippen LogP contribution in [-0.4, -0.2) is 16.5 Å². The van der Waals surface area contributed by atoms with Gasteiger partial charge in [0.1, 0.15) is 5.76 Å². The third-order valence-corrected chi connectivity index (χ3v) is 2.35. The summed E-state index contributed by atoms with van der Waals surface area (Å²) in [7, 11) is 0. The minimum atomic E-state index is -1.28. The Labute approximate surface area is 95.8 Å². The fraction of sp³-hybridized carbons (Fsp3) is 0.462. The maximum Gasteiger partial charge on any atom is 0.186 e. The van der Waals surface area contributed by atoms with E-state index >= 15 is 0 Å². The summed E-state index contributed by atoms with van der Waals surface area (Å²) in [6.07, 6.45) is 7.90. The van der Waals surface area contributed by atoms with Crippen LogP contribution in [0.3, 0.4) is 0 Å². The Balaban J connectivity index is 3.26. The second kappa shape index (κ2) is 4.54. The molecule has 0 atom stereocenters. The van der Waals surface area contributed by atoms with Gasteiger partial charge in [0.15, 0.2) is 11.5 Å². The van der Waals surface area contributed by atoms with E-state index in [-0.39, 0.29) is 23.5 Å². The number of carbonyl (C=O) groups excluding carboxylic acids is 1. The third kappa shape index (κ3) is 2.53. The van der Waals surface area contributed by atoms with Gasteiger partial charge in [0.25, 0.3) is 0 Å². The Kier molecular flexibility index (Phi) is 3.56. The first kappa shape index (κ1) is 12.5. The summed E-state index contributed by atoms with van der Waals surface area (Å²) in [5.74, 6) is 2.94. The number of Topliss-reactive ketones (excluding diaryl/α,β-unsaturated/α-hetero) is 1. The number of aliphatic hydroxyl groups is 1. The molecule has 0 fully saturated rings. The van der Waals surface area contributed by atoms with Crippen LogP contribution in [0.2, 0.25) is 0 Å². The van der Waals surface area contributed by atoms with Crippen molar-refractivity contribution in [2.75, 3.05) is 0 Å². The topological polar surface area (TPSA) is 46.5 Å². The second-order valence-corrected chi connectivity index (χ2v) is 4.16. The van der Waals surface area contributed by atoms with Crippen molar-refractivity contribution >= 4 is 5.78 Å². The summed E-state index contributed by atoms with van der Waals surface area (Å²) in [5.41, 5.74) is -1.11. The maximum absolute atomic E-state index is 11.9. The lowest BCUT2D eigenvalue weighted by Gasteiger charge is -2.20. The molecule has 0 saturated heterocycles. The van der Waals surface area contributed by atoms with E-state index in [4.69, 9.17) is 11.2 Å². The molecular formula is C13H16O3. The van der Waals surface area contributed by atoms with E-state index in [1.807, 2.05) is 6.92 Å². The predicted molar refractivity (Wildman–Crippen MR) is 61.2 cm³/mol. The van der Waals surface area contributed by atoms with Crippen molar-refractivity contribution in [3.63, 3.8) is 0 Å². The Morgan fingerprint density at radius 3 is 2.69 bits per heavy atom. The standard InChI is InChI=1S/C13H16O3/c1-5-9-7-8-10(14)12(13(3,4)15)11(6-2)16-9/h2,7,15H,5,8H2,1,3-4H3. The lowest BCUT2D eigenvalue weighted by molar-refractivity contribution is -0.116. The molecule has 0 aromatic rings. The summed E-state index contributed by atoms with van der Waals surface area (Å²) in [6, 6.07) is 0. The normalized spacial score (nSPS) is 17.4. The highest BCUT2D eigenvalue weighted by molar-refractivity contribution is 5.99. The SMILES string of the molecule is C#CC1=C(C(C)(C)O)C(=O)CC=C(CC)O1. The molecule has 3 nitrogen and oxygen atoms in total. The average molecular weight is 220 g/mol. The van der Waals surface area contributed by atoms with Gasteiger partial charge in [-0.15, -0.1) is 6.42 Å². The number of ether oxygens (including phenoxy) is 1. The van der Waals surface area contributed by atoms with Crippen molar-refractivity contribution < 1.29 is 14.6 Å². The van der Waals surface area contributed by atoms with Gasteiger partial charge in [0.05, 0.1) is 11.2 Å². The monoisotopic (exact) mass is 220 g/mol. The first-order valence-electron chi connectivity index (χ1n) is 5.24. The summed E-state index contributed by atoms with van der Waals surface area (Å²) in [4.78, 5) is 11.9. The van der Waals surface area contributed by atoms with Crippen LogP contribution in [0.15, 0.2) is 23.2 Å². The molecular weight excluding hydrogens is 204 g/mol. The Bertz CT molecular complexity index is 400. The lowest BCUT2D eigenvalue weighted by Crippen LogP contribution is -2.28. The molecule has 86 valence electrons. The lowest BCUT2D eigenvalue weighted by atomic mass is 9.92. The van der Waals surface area contributed by atoms with Crippen LogP contribution < -0.4 is 0 Å². The van der Waals surface area contributed by atoms with Crippen molar-refractivity contribution in [2.45, 2.75) is 39.2 Å². The van der Waals surface area contributed by atoms with Crippen molar-refractivity contribution in [2.24, 2.45) is 0 Å². The average Bonchev–Trinajstić information content (AvgIpc) is 2.35. The molecule has 0 amide bonds. The third-order valence-electron chi connectivity index (χ3n) is 2.35. The van der Waals surface area contributed by atoms with Crippen LogP contribution in [0.25, 0.3) is 0 Å². The molecule has 1 aliphatic rings. The highest BCUT2D eigenvalue weighted by Gasteiger charge is 2.31. The smallest absolute Gasteiger partial charge is 0.186 e. The van der Waals surface area contributed by atoms with E-state index in [9.17, 15) is 9.90 Å². The van der Waals surface area contributed by atoms with E-state index in [1.165, 1.54) is 13.8 Å². The molecule has 0 radical (unpaired) electrons. The largest absolute Gasteiger partial charge is 0.453 e. The van der Waals surface area contributed by atoms with Gasteiger partial charge in [-0.3, -0.25) is 4.79 Å². The first-order chi connectivity index (χ1) is 7.40. The van der Waals surface area contributed by atoms with Gasteiger partial charge in [-0.1, -0.05) is 6.92 Å². The number of ketones is 1. The van der Waals surface area contributed by atoms with Crippen LogP contribution in [0.4, 0.5) is 0 Å². The number of terminal acetylenes is 1. The molecule has 0 bridgehead atoms. The number of hydrogen-bond donors (Lipinski definition) is 1. The van der Waals surface area contributed by atoms with Gasteiger partial charge >= 0.3 is 0 Å². The zero-order chi connectivity index (χ0) is 12.3. The van der Waals surface area contributed by atoms with Gasteiger partial charge in [0, 0.05) is 12.8 Å². The second-order valence-electron chi connectivity index (χ2n) is 4.16. The molecule has 1 N–H and O–H groups in total. The van der Waals surface area contributed by atoms with E-state index in [0.717, 1.165) is 0 Å². The van der Waals surface area contributed by atoms with E-state index in [1.54, 1.807) is 6.08 Å². The Morgan fingerprint density at radius 2 is 2.25 bits per heavy atom. The minimum absolute atomic E-state index is 0.128. The van der Waals surface area contributed by atoms with Gasteiger partial charge in [-0.25, -0.2) is 0 Å². The molecule has 0 spiro atoms. The fourth-order valence-electron chi connectivity index (χ4n) is 1.60. The predicted octanol–water partition coefficient (Wildman–Crippen LogP) is 1.93. The summed E-state index contributed by atoms with van der Waals surface area (Å²) in [5, 5.41) is 9.92. The summed E-state index contributed by atoms with van der Waals surface area (Å²) in [6.45, 7) is 4.97. The minimum Gasteiger partial charge on any atom is -0.453 e. The van der Waals surface area contributed by atoms with Crippen LogP contribution in [-0.2, 0) is 9.53 Å². The van der Waals surface area contributed by atoms with Gasteiger partial charge in [-0.2, -0.15) is 0 Å². The summed E-state index contributed by atoms with van der Waals surface area (Å²) < 4.78 is 5.44. The number of allylic oxidation sites excluding steroid dienone is 3. The molecule has 16 heavy (non-hydrogen) atoms. The molecule has 0 saturated carbocycles. The van der Waals surface area contributed by atoms with Crippen molar-refractivity contribution in [3.8, 4) is 12.3 Å². The van der Waals surface area contributed by atoms with Crippen molar-refractivity contribution in [1.82, 2.24) is 0 Å². The van der Waals surface area contributed by atoms with Gasteiger partial charge < -0.3 is 9.84 Å². The zero-order valence-corrected chi connectivity index (χ0v) is 9.83.